The molecule has 0 radical (unpaired) electrons. The fourth-order valence-corrected chi connectivity index (χ4v) is 2.51. The van der Waals surface area contributed by atoms with E-state index in [1.807, 2.05) is 38.1 Å². The van der Waals surface area contributed by atoms with Gasteiger partial charge in [0.15, 0.2) is 0 Å². The maximum absolute atomic E-state index is 12.3. The largest absolute Gasteiger partial charge is 0.394 e. The van der Waals surface area contributed by atoms with Crippen LogP contribution in [0, 0.1) is 0 Å². The van der Waals surface area contributed by atoms with Crippen LogP contribution in [0.1, 0.15) is 25.8 Å². The second-order valence-electron chi connectivity index (χ2n) is 5.12. The molecule has 0 bridgehead atoms. The van der Waals surface area contributed by atoms with E-state index in [1.54, 1.807) is 0 Å². The lowest BCUT2D eigenvalue weighted by Crippen LogP contribution is -2.49. The zero-order valence-electron chi connectivity index (χ0n) is 11.8. The van der Waals surface area contributed by atoms with Crippen molar-refractivity contribution in [2.45, 2.75) is 38.8 Å². The van der Waals surface area contributed by atoms with Gasteiger partial charge in [-0.3, -0.25) is 9.59 Å². The van der Waals surface area contributed by atoms with Gasteiger partial charge in [0.05, 0.1) is 12.6 Å². The lowest BCUT2D eigenvalue weighted by atomic mass is 10.1. The van der Waals surface area contributed by atoms with Crippen molar-refractivity contribution in [2.75, 3.05) is 11.5 Å². The Hall–Kier alpha value is -1.88. The van der Waals surface area contributed by atoms with Crippen LogP contribution >= 0.6 is 0 Å². The quantitative estimate of drug-likeness (QED) is 0.804. The van der Waals surface area contributed by atoms with Crippen molar-refractivity contribution >= 4 is 17.5 Å². The molecule has 1 aliphatic rings. The molecule has 5 heteroatoms. The van der Waals surface area contributed by atoms with Gasteiger partial charge >= 0.3 is 11.8 Å². The molecule has 1 aromatic rings. The number of anilines is 1. The number of nitrogens with one attached hydrogen (secondary N) is 1. The van der Waals surface area contributed by atoms with E-state index in [0.717, 1.165) is 17.7 Å². The van der Waals surface area contributed by atoms with Gasteiger partial charge in [0, 0.05) is 11.7 Å². The number of carbonyl (C=O) groups excluding carboxylic acids is 2. The maximum atomic E-state index is 12.3. The Labute approximate surface area is 118 Å². The van der Waals surface area contributed by atoms with Crippen LogP contribution in [0.2, 0.25) is 0 Å². The van der Waals surface area contributed by atoms with E-state index in [1.165, 1.54) is 4.90 Å². The summed E-state index contributed by atoms with van der Waals surface area (Å²) in [5, 5.41) is 11.7. The first-order valence-electron chi connectivity index (χ1n) is 6.91. The third-order valence-electron chi connectivity index (χ3n) is 3.67. The summed E-state index contributed by atoms with van der Waals surface area (Å²) in [7, 11) is 0. The van der Waals surface area contributed by atoms with Gasteiger partial charge in [0.25, 0.3) is 0 Å². The number of benzene rings is 1. The molecule has 2 amide bonds. The summed E-state index contributed by atoms with van der Waals surface area (Å²) in [6.07, 6.45) is 1.34. The summed E-state index contributed by atoms with van der Waals surface area (Å²) < 4.78 is 0. The van der Waals surface area contributed by atoms with Gasteiger partial charge in [-0.2, -0.15) is 0 Å². The summed E-state index contributed by atoms with van der Waals surface area (Å²) >= 11 is 0. The molecule has 0 aromatic heterocycles. The van der Waals surface area contributed by atoms with Crippen LogP contribution in [0.3, 0.4) is 0 Å². The normalized spacial score (nSPS) is 18.6. The number of fused-ring (bicyclic) bond motifs is 1. The third-order valence-corrected chi connectivity index (χ3v) is 3.67. The highest BCUT2D eigenvalue weighted by Gasteiger charge is 2.34. The van der Waals surface area contributed by atoms with E-state index in [9.17, 15) is 9.59 Å². The second-order valence-corrected chi connectivity index (χ2v) is 5.12. The van der Waals surface area contributed by atoms with Crippen molar-refractivity contribution < 1.29 is 14.7 Å². The minimum Gasteiger partial charge on any atom is -0.394 e. The summed E-state index contributed by atoms with van der Waals surface area (Å²) in [5.74, 6) is -1.22. The molecule has 0 aliphatic carbocycles. The second kappa shape index (κ2) is 6.05. The lowest BCUT2D eigenvalue weighted by Gasteiger charge is -2.23. The smallest absolute Gasteiger partial charge is 0.316 e. The molecule has 2 rings (SSSR count). The van der Waals surface area contributed by atoms with Crippen LogP contribution in [-0.4, -0.2) is 35.6 Å². The third kappa shape index (κ3) is 2.67. The van der Waals surface area contributed by atoms with Gasteiger partial charge in [0.1, 0.15) is 0 Å². The molecule has 1 aliphatic heterocycles. The number of hydrogen-bond acceptors (Lipinski definition) is 3. The summed E-state index contributed by atoms with van der Waals surface area (Å²) in [6.45, 7) is 3.61. The predicted octanol–water partition coefficient (Wildman–Crippen LogP) is 0.851. The Morgan fingerprint density at radius 1 is 1.45 bits per heavy atom. The lowest BCUT2D eigenvalue weighted by molar-refractivity contribution is -0.138. The average Bonchev–Trinajstić information content (AvgIpc) is 2.79. The molecule has 2 N–H and O–H groups in total. The SMILES string of the molecule is CCC(CO)NC(=O)C(=O)N1c2ccccc2CC1C. The number of rotatable bonds is 3. The molecule has 1 aromatic carbocycles. The molecule has 5 nitrogen and oxygen atoms in total. The van der Waals surface area contributed by atoms with Crippen molar-refractivity contribution in [1.82, 2.24) is 5.32 Å². The van der Waals surface area contributed by atoms with E-state index in [2.05, 4.69) is 5.32 Å². The number of hydrogen-bond donors (Lipinski definition) is 2. The minimum atomic E-state index is -0.658. The maximum Gasteiger partial charge on any atom is 0.316 e. The fourth-order valence-electron chi connectivity index (χ4n) is 2.51. The number of amides is 2. The summed E-state index contributed by atoms with van der Waals surface area (Å²) in [4.78, 5) is 25.9. The van der Waals surface area contributed by atoms with Gasteiger partial charge in [0.2, 0.25) is 0 Å². The first kappa shape index (κ1) is 14.5. The molecule has 108 valence electrons. The number of aliphatic hydroxyl groups is 1. The standard InChI is InChI=1S/C15H20N2O3/c1-3-12(9-18)16-14(19)15(20)17-10(2)8-11-6-4-5-7-13(11)17/h4-7,10,12,18H,3,8-9H2,1-2H3,(H,16,19). The van der Waals surface area contributed by atoms with Crippen LogP contribution in [-0.2, 0) is 16.0 Å². The van der Waals surface area contributed by atoms with E-state index in [-0.39, 0.29) is 18.7 Å². The van der Waals surface area contributed by atoms with Crippen LogP contribution < -0.4 is 10.2 Å². The molecule has 0 saturated carbocycles. The van der Waals surface area contributed by atoms with Crippen LogP contribution in [0.4, 0.5) is 5.69 Å². The van der Waals surface area contributed by atoms with Gasteiger partial charge in [-0.25, -0.2) is 0 Å². The highest BCUT2D eigenvalue weighted by atomic mass is 16.3. The Morgan fingerprint density at radius 2 is 2.15 bits per heavy atom. The highest BCUT2D eigenvalue weighted by Crippen LogP contribution is 2.31. The molecule has 1 heterocycles. The first-order chi connectivity index (χ1) is 9.58. The fraction of sp³-hybridized carbons (Fsp3) is 0.467. The van der Waals surface area contributed by atoms with Gasteiger partial charge in [-0.15, -0.1) is 0 Å². The molecule has 0 spiro atoms. The Kier molecular flexibility index (Phi) is 4.39. The number of para-hydroxylation sites is 1. The van der Waals surface area contributed by atoms with Crippen molar-refractivity contribution in [2.24, 2.45) is 0 Å². The van der Waals surface area contributed by atoms with Crippen molar-refractivity contribution in [3.05, 3.63) is 29.8 Å². The van der Waals surface area contributed by atoms with Crippen molar-refractivity contribution in [3.63, 3.8) is 0 Å². The van der Waals surface area contributed by atoms with Crippen LogP contribution in [0.15, 0.2) is 24.3 Å². The van der Waals surface area contributed by atoms with E-state index >= 15 is 0 Å². The predicted molar refractivity (Wildman–Crippen MR) is 76.4 cm³/mol. The number of nitrogens with zero attached hydrogens (tertiary/aromatic N) is 1. The first-order valence-corrected chi connectivity index (χ1v) is 6.91. The molecular formula is C15H20N2O3. The highest BCUT2D eigenvalue weighted by molar-refractivity contribution is 6.40. The Morgan fingerprint density at radius 3 is 2.80 bits per heavy atom. The number of aliphatic hydroxyl groups excluding tert-OH is 1. The zero-order chi connectivity index (χ0) is 14.7. The Balaban J connectivity index is 2.15. The van der Waals surface area contributed by atoms with Gasteiger partial charge in [-0.05, 0) is 31.4 Å². The van der Waals surface area contributed by atoms with Crippen molar-refractivity contribution in [3.8, 4) is 0 Å². The molecule has 2 unspecified atom stereocenters. The van der Waals surface area contributed by atoms with Gasteiger partial charge in [-0.1, -0.05) is 25.1 Å². The summed E-state index contributed by atoms with van der Waals surface area (Å²) in [5.41, 5.74) is 1.88. The van der Waals surface area contributed by atoms with Crippen LogP contribution in [0.25, 0.3) is 0 Å². The molecule has 0 saturated heterocycles. The van der Waals surface area contributed by atoms with E-state index in [4.69, 9.17) is 5.11 Å². The van der Waals surface area contributed by atoms with Gasteiger partial charge < -0.3 is 15.3 Å². The molecule has 0 fully saturated rings. The van der Waals surface area contributed by atoms with Crippen LogP contribution in [0.5, 0.6) is 0 Å². The minimum absolute atomic E-state index is 0.0279. The average molecular weight is 276 g/mol. The van der Waals surface area contributed by atoms with E-state index in [0.29, 0.717) is 6.42 Å². The summed E-state index contributed by atoms with van der Waals surface area (Å²) in [6, 6.07) is 7.21. The van der Waals surface area contributed by atoms with E-state index < -0.39 is 11.8 Å². The zero-order valence-corrected chi connectivity index (χ0v) is 11.8. The monoisotopic (exact) mass is 276 g/mol. The number of carbonyl (C=O) groups is 2. The topological polar surface area (TPSA) is 69.6 Å². The molecule has 2 atom stereocenters. The molecular weight excluding hydrogens is 256 g/mol. The molecule has 20 heavy (non-hydrogen) atoms. The van der Waals surface area contributed by atoms with Crippen molar-refractivity contribution in [1.29, 1.82) is 0 Å². The Bertz CT molecular complexity index is 512.